The molecule has 98 valence electrons. The highest BCUT2D eigenvalue weighted by atomic mass is 16.2. The number of amides is 1. The standard InChI is InChI=1S/C14H26N2O/c1-14(2)7-4-8-16(10-14)13(17)9-11-5-3-6-12(11)15/h11-12H,3-10,15H2,1-2H3/t11-,12+/m0/s1. The molecule has 17 heavy (non-hydrogen) atoms. The van der Waals surface area contributed by atoms with Crippen molar-refractivity contribution in [3.8, 4) is 0 Å². The van der Waals surface area contributed by atoms with E-state index in [-0.39, 0.29) is 6.04 Å². The quantitative estimate of drug-likeness (QED) is 0.801. The summed E-state index contributed by atoms with van der Waals surface area (Å²) in [4.78, 5) is 14.3. The number of hydrogen-bond donors (Lipinski definition) is 1. The molecule has 1 amide bonds. The van der Waals surface area contributed by atoms with Crippen LogP contribution in [0, 0.1) is 11.3 Å². The molecule has 1 aliphatic carbocycles. The Hall–Kier alpha value is -0.570. The zero-order chi connectivity index (χ0) is 12.5. The van der Waals surface area contributed by atoms with Crippen LogP contribution in [0.15, 0.2) is 0 Å². The second-order valence-electron chi connectivity index (χ2n) is 6.64. The summed E-state index contributed by atoms with van der Waals surface area (Å²) < 4.78 is 0. The highest BCUT2D eigenvalue weighted by molar-refractivity contribution is 5.76. The Morgan fingerprint density at radius 2 is 2.12 bits per heavy atom. The van der Waals surface area contributed by atoms with Crippen molar-refractivity contribution >= 4 is 5.91 Å². The predicted molar refractivity (Wildman–Crippen MR) is 69.5 cm³/mol. The van der Waals surface area contributed by atoms with Gasteiger partial charge >= 0.3 is 0 Å². The van der Waals surface area contributed by atoms with Gasteiger partial charge in [-0.1, -0.05) is 20.3 Å². The lowest BCUT2D eigenvalue weighted by atomic mass is 9.84. The van der Waals surface area contributed by atoms with Crippen molar-refractivity contribution in [3.63, 3.8) is 0 Å². The first-order valence-electron chi connectivity index (χ1n) is 7.01. The molecule has 2 fully saturated rings. The van der Waals surface area contributed by atoms with E-state index in [0.29, 0.717) is 23.7 Å². The molecule has 1 saturated carbocycles. The Balaban J connectivity index is 1.87. The van der Waals surface area contributed by atoms with Crippen molar-refractivity contribution in [3.05, 3.63) is 0 Å². The first kappa shape index (κ1) is 12.9. The van der Waals surface area contributed by atoms with Crippen LogP contribution >= 0.6 is 0 Å². The van der Waals surface area contributed by atoms with Crippen LogP contribution in [0.5, 0.6) is 0 Å². The molecule has 2 aliphatic rings. The second-order valence-corrected chi connectivity index (χ2v) is 6.64. The monoisotopic (exact) mass is 238 g/mol. The number of piperidine rings is 1. The molecular weight excluding hydrogens is 212 g/mol. The Morgan fingerprint density at radius 1 is 1.35 bits per heavy atom. The van der Waals surface area contributed by atoms with Crippen LogP contribution in [-0.4, -0.2) is 29.9 Å². The Kier molecular flexibility index (Phi) is 3.76. The molecule has 2 atom stereocenters. The molecule has 0 unspecified atom stereocenters. The van der Waals surface area contributed by atoms with Crippen molar-refractivity contribution in [2.24, 2.45) is 17.1 Å². The van der Waals surface area contributed by atoms with Gasteiger partial charge in [-0.15, -0.1) is 0 Å². The van der Waals surface area contributed by atoms with Crippen LogP contribution in [0.3, 0.4) is 0 Å². The first-order chi connectivity index (χ1) is 7.98. The van der Waals surface area contributed by atoms with Crippen LogP contribution in [0.2, 0.25) is 0 Å². The number of hydrogen-bond acceptors (Lipinski definition) is 2. The molecule has 2 N–H and O–H groups in total. The lowest BCUT2D eigenvalue weighted by Gasteiger charge is -2.38. The van der Waals surface area contributed by atoms with E-state index >= 15 is 0 Å². The van der Waals surface area contributed by atoms with Gasteiger partial charge in [0.2, 0.25) is 5.91 Å². The minimum atomic E-state index is 0.261. The van der Waals surface area contributed by atoms with Crippen LogP contribution in [0.25, 0.3) is 0 Å². The lowest BCUT2D eigenvalue weighted by Crippen LogP contribution is -2.44. The summed E-state index contributed by atoms with van der Waals surface area (Å²) in [6.07, 6.45) is 6.50. The van der Waals surface area contributed by atoms with E-state index in [4.69, 9.17) is 5.73 Å². The predicted octanol–water partition coefficient (Wildman–Crippen LogP) is 2.15. The third-order valence-electron chi connectivity index (χ3n) is 4.41. The SMILES string of the molecule is CC1(C)CCCN(C(=O)C[C@@H]2CCC[C@H]2N)C1. The summed E-state index contributed by atoms with van der Waals surface area (Å²) in [6, 6.07) is 0.261. The van der Waals surface area contributed by atoms with Gasteiger partial charge < -0.3 is 10.6 Å². The molecule has 0 aromatic rings. The number of carbonyl (C=O) groups is 1. The van der Waals surface area contributed by atoms with Gasteiger partial charge in [-0.25, -0.2) is 0 Å². The molecule has 0 bridgehead atoms. The van der Waals surface area contributed by atoms with Gasteiger partial charge in [0.15, 0.2) is 0 Å². The average molecular weight is 238 g/mol. The molecule has 1 heterocycles. The zero-order valence-corrected chi connectivity index (χ0v) is 11.2. The fourth-order valence-corrected chi connectivity index (χ4v) is 3.31. The van der Waals surface area contributed by atoms with E-state index in [1.807, 2.05) is 0 Å². The van der Waals surface area contributed by atoms with E-state index in [1.54, 1.807) is 0 Å². The summed E-state index contributed by atoms with van der Waals surface area (Å²) >= 11 is 0. The van der Waals surface area contributed by atoms with E-state index in [2.05, 4.69) is 18.7 Å². The number of carbonyl (C=O) groups excluding carboxylic acids is 1. The maximum Gasteiger partial charge on any atom is 0.222 e. The smallest absolute Gasteiger partial charge is 0.222 e. The fourth-order valence-electron chi connectivity index (χ4n) is 3.31. The van der Waals surface area contributed by atoms with E-state index < -0.39 is 0 Å². The maximum absolute atomic E-state index is 12.3. The molecule has 3 heteroatoms. The molecular formula is C14H26N2O. The van der Waals surface area contributed by atoms with Crippen molar-refractivity contribution < 1.29 is 4.79 Å². The van der Waals surface area contributed by atoms with Gasteiger partial charge in [0.05, 0.1) is 0 Å². The molecule has 1 aliphatic heterocycles. The van der Waals surface area contributed by atoms with Crippen molar-refractivity contribution in [1.82, 2.24) is 4.90 Å². The minimum Gasteiger partial charge on any atom is -0.342 e. The summed E-state index contributed by atoms with van der Waals surface area (Å²) in [5, 5.41) is 0. The van der Waals surface area contributed by atoms with Gasteiger partial charge in [-0.3, -0.25) is 4.79 Å². The van der Waals surface area contributed by atoms with Gasteiger partial charge in [-0.05, 0) is 37.0 Å². The third kappa shape index (κ3) is 3.21. The number of likely N-dealkylation sites (tertiary alicyclic amines) is 1. The normalized spacial score (nSPS) is 32.8. The second kappa shape index (κ2) is 4.97. The molecule has 1 saturated heterocycles. The van der Waals surface area contributed by atoms with Gasteiger partial charge in [0, 0.05) is 25.6 Å². The van der Waals surface area contributed by atoms with E-state index in [0.717, 1.165) is 32.4 Å². The number of nitrogens with two attached hydrogens (primary N) is 1. The molecule has 3 nitrogen and oxygen atoms in total. The first-order valence-corrected chi connectivity index (χ1v) is 7.01. The number of rotatable bonds is 2. The maximum atomic E-state index is 12.3. The molecule has 2 rings (SSSR count). The minimum absolute atomic E-state index is 0.261. The van der Waals surface area contributed by atoms with Crippen LogP contribution < -0.4 is 5.73 Å². The van der Waals surface area contributed by atoms with E-state index in [9.17, 15) is 4.79 Å². The Morgan fingerprint density at radius 3 is 2.71 bits per heavy atom. The summed E-state index contributed by atoms with van der Waals surface area (Å²) in [5.74, 6) is 0.771. The third-order valence-corrected chi connectivity index (χ3v) is 4.41. The fraction of sp³-hybridized carbons (Fsp3) is 0.929. The van der Waals surface area contributed by atoms with Crippen molar-refractivity contribution in [2.45, 2.75) is 58.4 Å². The van der Waals surface area contributed by atoms with Crippen LogP contribution in [0.4, 0.5) is 0 Å². The summed E-state index contributed by atoms with van der Waals surface area (Å²) in [5.41, 5.74) is 6.34. The lowest BCUT2D eigenvalue weighted by molar-refractivity contribution is -0.135. The van der Waals surface area contributed by atoms with Crippen LogP contribution in [-0.2, 0) is 4.79 Å². The zero-order valence-electron chi connectivity index (χ0n) is 11.2. The highest BCUT2D eigenvalue weighted by Gasteiger charge is 2.32. The summed E-state index contributed by atoms with van der Waals surface area (Å²) in [6.45, 7) is 6.39. The Labute approximate surface area is 105 Å². The van der Waals surface area contributed by atoms with Gasteiger partial charge in [0.25, 0.3) is 0 Å². The van der Waals surface area contributed by atoms with Crippen molar-refractivity contribution in [2.75, 3.05) is 13.1 Å². The molecule has 0 aromatic heterocycles. The molecule has 0 radical (unpaired) electrons. The summed E-state index contributed by atoms with van der Waals surface area (Å²) in [7, 11) is 0. The highest BCUT2D eigenvalue weighted by Crippen LogP contribution is 2.31. The van der Waals surface area contributed by atoms with E-state index in [1.165, 1.54) is 12.8 Å². The Bertz CT molecular complexity index is 288. The largest absolute Gasteiger partial charge is 0.342 e. The number of nitrogens with zero attached hydrogens (tertiary/aromatic N) is 1. The van der Waals surface area contributed by atoms with Crippen LogP contribution in [0.1, 0.15) is 52.4 Å². The van der Waals surface area contributed by atoms with Crippen molar-refractivity contribution in [1.29, 1.82) is 0 Å². The van der Waals surface area contributed by atoms with Gasteiger partial charge in [-0.2, -0.15) is 0 Å². The molecule has 0 aromatic carbocycles. The molecule has 0 spiro atoms. The topological polar surface area (TPSA) is 46.3 Å². The average Bonchev–Trinajstić information content (AvgIpc) is 2.63. The van der Waals surface area contributed by atoms with Gasteiger partial charge in [0.1, 0.15) is 0 Å².